The summed E-state index contributed by atoms with van der Waals surface area (Å²) in [6, 6.07) is 7.78. The summed E-state index contributed by atoms with van der Waals surface area (Å²) in [7, 11) is 0. The second kappa shape index (κ2) is 6.94. The van der Waals surface area contributed by atoms with Crippen LogP contribution in [0.1, 0.15) is 24.2 Å². The molecule has 0 aliphatic heterocycles. The quantitative estimate of drug-likeness (QED) is 0.855. The van der Waals surface area contributed by atoms with Gasteiger partial charge in [0.25, 0.3) is 5.91 Å². The van der Waals surface area contributed by atoms with Crippen molar-refractivity contribution in [2.75, 3.05) is 0 Å². The lowest BCUT2D eigenvalue weighted by molar-refractivity contribution is -0.136. The smallest absolute Gasteiger partial charge is 0.316 e. The zero-order chi connectivity index (χ0) is 14.4. The molecule has 0 saturated heterocycles. The molecule has 0 aliphatic carbocycles. The Morgan fingerprint density at radius 3 is 2.26 bits per heavy atom. The van der Waals surface area contributed by atoms with Gasteiger partial charge in [-0.25, -0.2) is 0 Å². The van der Waals surface area contributed by atoms with Crippen LogP contribution in [0.5, 0.6) is 0 Å². The molecule has 1 aromatic carbocycles. The van der Waals surface area contributed by atoms with Crippen molar-refractivity contribution in [1.29, 1.82) is 0 Å². The van der Waals surface area contributed by atoms with E-state index in [-0.39, 0.29) is 11.0 Å². The van der Waals surface area contributed by atoms with E-state index in [1.54, 1.807) is 30.3 Å². The van der Waals surface area contributed by atoms with Crippen molar-refractivity contribution in [3.63, 3.8) is 0 Å². The minimum atomic E-state index is -1.06. The number of hydrogen-bond acceptors (Lipinski definition) is 4. The molecule has 0 aliphatic rings. The summed E-state index contributed by atoms with van der Waals surface area (Å²) in [5, 5.41) is 10.0. The van der Waals surface area contributed by atoms with Gasteiger partial charge in [-0.05, 0) is 26.0 Å². The first-order valence-corrected chi connectivity index (χ1v) is 6.59. The second-order valence-electron chi connectivity index (χ2n) is 3.98. The summed E-state index contributed by atoms with van der Waals surface area (Å²) in [5.74, 6) is -1.41. The number of rotatable bonds is 5. The highest BCUT2D eigenvalue weighted by Crippen LogP contribution is 2.14. The molecule has 0 saturated carbocycles. The molecule has 5 nitrogen and oxygen atoms in total. The maximum atomic E-state index is 11.8. The van der Waals surface area contributed by atoms with Gasteiger partial charge in [0.2, 0.25) is 5.12 Å². The molecule has 1 aromatic rings. The molecule has 0 radical (unpaired) electrons. The first kappa shape index (κ1) is 15.2. The van der Waals surface area contributed by atoms with E-state index in [0.29, 0.717) is 17.3 Å². The van der Waals surface area contributed by atoms with Gasteiger partial charge in [-0.1, -0.05) is 30.0 Å². The van der Waals surface area contributed by atoms with Crippen LogP contribution in [0.2, 0.25) is 0 Å². The number of aliphatic carboxylic acids is 1. The van der Waals surface area contributed by atoms with E-state index in [1.807, 2.05) is 0 Å². The van der Waals surface area contributed by atoms with E-state index < -0.39 is 17.3 Å². The Labute approximate surface area is 115 Å². The first-order valence-electron chi connectivity index (χ1n) is 5.71. The van der Waals surface area contributed by atoms with Gasteiger partial charge in [0.1, 0.15) is 5.25 Å². The number of carbonyl (C=O) groups excluding carboxylic acids is 2. The summed E-state index contributed by atoms with van der Waals surface area (Å²) in [5.41, 5.74) is 0.457. The molecule has 0 bridgehead atoms. The molecule has 1 rings (SSSR count). The van der Waals surface area contributed by atoms with Gasteiger partial charge in [0.05, 0.1) is 6.04 Å². The summed E-state index contributed by atoms with van der Waals surface area (Å²) in [4.78, 5) is 34.1. The van der Waals surface area contributed by atoms with Gasteiger partial charge in [-0.15, -0.1) is 0 Å². The van der Waals surface area contributed by atoms with Crippen molar-refractivity contribution in [2.24, 2.45) is 0 Å². The molecular weight excluding hydrogens is 266 g/mol. The zero-order valence-corrected chi connectivity index (χ0v) is 11.4. The fourth-order valence-electron chi connectivity index (χ4n) is 1.26. The van der Waals surface area contributed by atoms with E-state index in [2.05, 4.69) is 5.32 Å². The van der Waals surface area contributed by atoms with Gasteiger partial charge < -0.3 is 10.4 Å². The maximum Gasteiger partial charge on any atom is 0.316 e. The highest BCUT2D eigenvalue weighted by Gasteiger charge is 2.22. The Hall–Kier alpha value is -1.82. The highest BCUT2D eigenvalue weighted by molar-refractivity contribution is 8.14. The summed E-state index contributed by atoms with van der Waals surface area (Å²) in [6.07, 6.45) is 0. The van der Waals surface area contributed by atoms with Gasteiger partial charge in [-0.3, -0.25) is 14.4 Å². The lowest BCUT2D eigenvalue weighted by Gasteiger charge is -2.13. The normalized spacial score (nSPS) is 13.4. The largest absolute Gasteiger partial charge is 0.480 e. The van der Waals surface area contributed by atoms with Crippen LogP contribution in [0.15, 0.2) is 30.3 Å². The summed E-state index contributed by atoms with van der Waals surface area (Å²) < 4.78 is 0. The molecule has 2 atom stereocenters. The number of nitrogens with one attached hydrogen (secondary N) is 1. The number of carboxylic acids is 1. The van der Waals surface area contributed by atoms with Gasteiger partial charge >= 0.3 is 5.97 Å². The lowest BCUT2D eigenvalue weighted by Crippen LogP contribution is -2.38. The van der Waals surface area contributed by atoms with E-state index >= 15 is 0 Å². The Morgan fingerprint density at radius 1 is 1.16 bits per heavy atom. The molecule has 0 fully saturated rings. The Bertz CT molecular complexity index is 475. The molecule has 1 amide bonds. The Kier molecular flexibility index (Phi) is 5.57. The maximum absolute atomic E-state index is 11.8. The SMILES string of the molecule is C[C@@H](NC(=O)c1ccccc1)C(=O)S[C@H](C)C(=O)O. The zero-order valence-electron chi connectivity index (χ0n) is 10.6. The van der Waals surface area contributed by atoms with Crippen LogP contribution >= 0.6 is 11.8 Å². The van der Waals surface area contributed by atoms with Crippen LogP contribution in [0.3, 0.4) is 0 Å². The molecule has 6 heteroatoms. The van der Waals surface area contributed by atoms with Crippen LogP contribution in [-0.2, 0) is 9.59 Å². The monoisotopic (exact) mass is 281 g/mol. The van der Waals surface area contributed by atoms with Crippen LogP contribution in [0.25, 0.3) is 0 Å². The van der Waals surface area contributed by atoms with E-state index in [9.17, 15) is 14.4 Å². The highest BCUT2D eigenvalue weighted by atomic mass is 32.2. The summed E-state index contributed by atoms with van der Waals surface area (Å²) >= 11 is 0.700. The molecule has 0 spiro atoms. The van der Waals surface area contributed by atoms with Crippen molar-refractivity contribution in [2.45, 2.75) is 25.1 Å². The summed E-state index contributed by atoms with van der Waals surface area (Å²) in [6.45, 7) is 2.96. The predicted octanol–water partition coefficient (Wildman–Crippen LogP) is 1.54. The van der Waals surface area contributed by atoms with Crippen LogP contribution in [-0.4, -0.2) is 33.4 Å². The molecule has 2 N–H and O–H groups in total. The van der Waals surface area contributed by atoms with Crippen molar-refractivity contribution < 1.29 is 19.5 Å². The number of thioether (sulfide) groups is 1. The van der Waals surface area contributed by atoms with Gasteiger partial charge in [-0.2, -0.15) is 0 Å². The first-order chi connectivity index (χ1) is 8.91. The molecule has 102 valence electrons. The Balaban J connectivity index is 2.55. The molecule has 0 unspecified atom stereocenters. The van der Waals surface area contributed by atoms with Crippen LogP contribution in [0, 0.1) is 0 Å². The molecule has 0 aromatic heterocycles. The lowest BCUT2D eigenvalue weighted by atomic mass is 10.2. The number of carboxylic acid groups (broad SMARTS) is 1. The van der Waals surface area contributed by atoms with Gasteiger partial charge in [0, 0.05) is 5.56 Å². The van der Waals surface area contributed by atoms with Crippen molar-refractivity contribution in [3.05, 3.63) is 35.9 Å². The Morgan fingerprint density at radius 2 is 1.74 bits per heavy atom. The van der Waals surface area contributed by atoms with Crippen molar-refractivity contribution in [1.82, 2.24) is 5.32 Å². The van der Waals surface area contributed by atoms with Crippen LogP contribution < -0.4 is 5.32 Å². The topological polar surface area (TPSA) is 83.5 Å². The minimum Gasteiger partial charge on any atom is -0.480 e. The third kappa shape index (κ3) is 4.75. The average molecular weight is 281 g/mol. The van der Waals surface area contributed by atoms with E-state index in [0.717, 1.165) is 0 Å². The number of hydrogen-bond donors (Lipinski definition) is 2. The minimum absolute atomic E-state index is 0.356. The average Bonchev–Trinajstić information content (AvgIpc) is 2.39. The third-order valence-corrected chi connectivity index (χ3v) is 3.52. The number of benzene rings is 1. The molecular formula is C13H15NO4S. The standard InChI is InChI=1S/C13H15NO4S/c1-8(13(18)19-9(2)12(16)17)14-11(15)10-6-4-3-5-7-10/h3-9H,1-2H3,(H,14,15)(H,16,17)/t8-,9-/m1/s1. The van der Waals surface area contributed by atoms with Gasteiger partial charge in [0.15, 0.2) is 0 Å². The number of amides is 1. The van der Waals surface area contributed by atoms with E-state index in [1.165, 1.54) is 13.8 Å². The molecule has 19 heavy (non-hydrogen) atoms. The fraction of sp³-hybridized carbons (Fsp3) is 0.308. The number of carbonyl (C=O) groups is 3. The van der Waals surface area contributed by atoms with Crippen LogP contribution in [0.4, 0.5) is 0 Å². The van der Waals surface area contributed by atoms with Crippen molar-refractivity contribution in [3.8, 4) is 0 Å². The second-order valence-corrected chi connectivity index (χ2v) is 5.32. The molecule has 0 heterocycles. The fourth-order valence-corrected chi connectivity index (χ4v) is 1.97. The third-order valence-electron chi connectivity index (χ3n) is 2.38. The predicted molar refractivity (Wildman–Crippen MR) is 73.1 cm³/mol. The van der Waals surface area contributed by atoms with Crippen molar-refractivity contribution >= 4 is 28.8 Å². The van der Waals surface area contributed by atoms with E-state index in [4.69, 9.17) is 5.11 Å².